The number of nitrogens with zero attached hydrogens (tertiary/aromatic N) is 1. The summed E-state index contributed by atoms with van der Waals surface area (Å²) in [6, 6.07) is 0. The Morgan fingerprint density at radius 1 is 1.00 bits per heavy atom. The van der Waals surface area contributed by atoms with Gasteiger partial charge in [-0.3, -0.25) is 0 Å². The minimum atomic E-state index is 0. The number of nitrogens with one attached hydrogen (secondary N) is 1. The van der Waals surface area contributed by atoms with Crippen LogP contribution in [-0.2, 0) is 4.74 Å². The molecule has 3 rings (SSSR count). The van der Waals surface area contributed by atoms with Gasteiger partial charge in [0.15, 0.2) is 0 Å². The van der Waals surface area contributed by atoms with Crippen molar-refractivity contribution in [3.05, 3.63) is 0 Å². The van der Waals surface area contributed by atoms with Gasteiger partial charge in [0.25, 0.3) is 0 Å². The molecule has 0 aromatic carbocycles. The van der Waals surface area contributed by atoms with Gasteiger partial charge >= 0.3 is 0 Å². The van der Waals surface area contributed by atoms with Crippen LogP contribution >= 0.6 is 24.8 Å². The minimum Gasteiger partial charge on any atom is -0.381 e. The summed E-state index contributed by atoms with van der Waals surface area (Å²) in [7, 11) is 0. The highest BCUT2D eigenvalue weighted by atomic mass is 35.5. The van der Waals surface area contributed by atoms with Gasteiger partial charge in [0, 0.05) is 32.8 Å². The lowest BCUT2D eigenvalue weighted by Gasteiger charge is -2.27. The van der Waals surface area contributed by atoms with E-state index < -0.39 is 0 Å². The molecule has 102 valence electrons. The summed E-state index contributed by atoms with van der Waals surface area (Å²) >= 11 is 0. The number of halogens is 2. The predicted octanol–water partition coefficient (Wildman–Crippen LogP) is 1.41. The van der Waals surface area contributed by atoms with Gasteiger partial charge in [0.05, 0.1) is 0 Å². The topological polar surface area (TPSA) is 24.5 Å². The Hall–Kier alpha value is 0.460. The smallest absolute Gasteiger partial charge is 0.0469 e. The first-order valence-corrected chi connectivity index (χ1v) is 6.42. The van der Waals surface area contributed by atoms with Gasteiger partial charge in [0.2, 0.25) is 0 Å². The Kier molecular flexibility index (Phi) is 6.52. The second-order valence-corrected chi connectivity index (χ2v) is 5.45. The summed E-state index contributed by atoms with van der Waals surface area (Å²) in [6.07, 6.45) is 2.56. The SMILES string of the molecule is C1CC(CN2C[C@H]3CNC[C@H]3C2)CCO1.Cl.Cl. The van der Waals surface area contributed by atoms with Gasteiger partial charge < -0.3 is 15.0 Å². The molecule has 0 spiro atoms. The lowest BCUT2D eigenvalue weighted by Crippen LogP contribution is -2.33. The van der Waals surface area contributed by atoms with Crippen LogP contribution in [0.15, 0.2) is 0 Å². The van der Waals surface area contributed by atoms with Crippen molar-refractivity contribution < 1.29 is 4.74 Å². The van der Waals surface area contributed by atoms with E-state index in [9.17, 15) is 0 Å². The molecule has 1 N–H and O–H groups in total. The molecule has 0 aliphatic carbocycles. The largest absolute Gasteiger partial charge is 0.381 e. The van der Waals surface area contributed by atoms with E-state index in [2.05, 4.69) is 10.2 Å². The molecular weight excluding hydrogens is 259 g/mol. The molecule has 5 heteroatoms. The number of fused-ring (bicyclic) bond motifs is 1. The van der Waals surface area contributed by atoms with Crippen LogP contribution in [-0.4, -0.2) is 50.8 Å². The lowest BCUT2D eigenvalue weighted by atomic mass is 10.00. The molecule has 3 aliphatic heterocycles. The zero-order chi connectivity index (χ0) is 10.1. The number of hydrogen-bond acceptors (Lipinski definition) is 3. The van der Waals surface area contributed by atoms with E-state index in [1.807, 2.05) is 0 Å². The monoisotopic (exact) mass is 282 g/mol. The molecule has 2 atom stereocenters. The van der Waals surface area contributed by atoms with Gasteiger partial charge in [-0.2, -0.15) is 0 Å². The minimum absolute atomic E-state index is 0. The third-order valence-corrected chi connectivity index (χ3v) is 4.32. The quantitative estimate of drug-likeness (QED) is 0.829. The summed E-state index contributed by atoms with van der Waals surface area (Å²) in [5, 5.41) is 3.50. The van der Waals surface area contributed by atoms with Crippen LogP contribution < -0.4 is 5.32 Å². The number of ether oxygens (including phenoxy) is 1. The fraction of sp³-hybridized carbons (Fsp3) is 1.00. The van der Waals surface area contributed by atoms with Crippen molar-refractivity contribution in [1.82, 2.24) is 10.2 Å². The third kappa shape index (κ3) is 3.71. The van der Waals surface area contributed by atoms with Crippen molar-refractivity contribution in [2.75, 3.05) is 45.9 Å². The van der Waals surface area contributed by atoms with Crippen LogP contribution in [0.4, 0.5) is 0 Å². The summed E-state index contributed by atoms with van der Waals surface area (Å²) in [6.45, 7) is 8.52. The van der Waals surface area contributed by atoms with Gasteiger partial charge in [-0.15, -0.1) is 24.8 Å². The van der Waals surface area contributed by atoms with E-state index in [0.717, 1.165) is 31.0 Å². The van der Waals surface area contributed by atoms with Crippen LogP contribution in [0.2, 0.25) is 0 Å². The van der Waals surface area contributed by atoms with Gasteiger partial charge in [-0.05, 0) is 43.7 Å². The van der Waals surface area contributed by atoms with Crippen molar-refractivity contribution in [2.45, 2.75) is 12.8 Å². The molecule has 0 unspecified atom stereocenters. The van der Waals surface area contributed by atoms with Crippen LogP contribution in [0, 0.1) is 17.8 Å². The van der Waals surface area contributed by atoms with Gasteiger partial charge in [-0.25, -0.2) is 0 Å². The molecule has 0 bridgehead atoms. The van der Waals surface area contributed by atoms with E-state index in [1.165, 1.54) is 45.6 Å². The molecule has 3 aliphatic rings. The van der Waals surface area contributed by atoms with E-state index in [4.69, 9.17) is 4.74 Å². The van der Waals surface area contributed by atoms with Gasteiger partial charge in [0.1, 0.15) is 0 Å². The van der Waals surface area contributed by atoms with Crippen molar-refractivity contribution in [1.29, 1.82) is 0 Å². The molecule has 3 fully saturated rings. The van der Waals surface area contributed by atoms with Crippen LogP contribution in [0.25, 0.3) is 0 Å². The Labute approximate surface area is 116 Å². The highest BCUT2D eigenvalue weighted by Crippen LogP contribution is 2.28. The number of hydrogen-bond donors (Lipinski definition) is 1. The summed E-state index contributed by atoms with van der Waals surface area (Å²) in [5.74, 6) is 2.81. The molecular formula is C12H24Cl2N2O. The molecule has 0 radical (unpaired) electrons. The van der Waals surface area contributed by atoms with Crippen molar-refractivity contribution in [3.8, 4) is 0 Å². The maximum Gasteiger partial charge on any atom is 0.0469 e. The summed E-state index contributed by atoms with van der Waals surface area (Å²) in [4.78, 5) is 2.70. The molecule has 0 aromatic heterocycles. The Bertz CT molecular complexity index is 213. The van der Waals surface area contributed by atoms with Crippen LogP contribution in [0.1, 0.15) is 12.8 Å². The maximum absolute atomic E-state index is 5.41. The molecule has 0 saturated carbocycles. The van der Waals surface area contributed by atoms with Gasteiger partial charge in [-0.1, -0.05) is 0 Å². The number of likely N-dealkylation sites (tertiary alicyclic amines) is 1. The zero-order valence-corrected chi connectivity index (χ0v) is 11.9. The van der Waals surface area contributed by atoms with E-state index >= 15 is 0 Å². The standard InChI is InChI=1S/C12H22N2O.2ClH/c1-3-15-4-2-10(1)7-14-8-11-5-13-6-12(11)9-14;;/h10-13H,1-9H2;2*1H/t11-,12+;;. The number of rotatable bonds is 2. The fourth-order valence-electron chi connectivity index (χ4n) is 3.40. The fourth-order valence-corrected chi connectivity index (χ4v) is 3.40. The first kappa shape index (κ1) is 15.5. The molecule has 3 nitrogen and oxygen atoms in total. The second-order valence-electron chi connectivity index (χ2n) is 5.45. The molecule has 3 saturated heterocycles. The van der Waals surface area contributed by atoms with Crippen molar-refractivity contribution in [2.24, 2.45) is 17.8 Å². The zero-order valence-electron chi connectivity index (χ0n) is 10.3. The molecule has 0 amide bonds. The van der Waals surface area contributed by atoms with Crippen LogP contribution in [0.5, 0.6) is 0 Å². The highest BCUT2D eigenvalue weighted by Gasteiger charge is 2.36. The molecule has 3 heterocycles. The molecule has 0 aromatic rings. The lowest BCUT2D eigenvalue weighted by molar-refractivity contribution is 0.0546. The Morgan fingerprint density at radius 3 is 2.18 bits per heavy atom. The normalized spacial score (nSPS) is 33.9. The maximum atomic E-state index is 5.41. The Balaban J connectivity index is 0.000000722. The van der Waals surface area contributed by atoms with Crippen LogP contribution in [0.3, 0.4) is 0 Å². The second kappa shape index (κ2) is 7.15. The predicted molar refractivity (Wildman–Crippen MR) is 74.3 cm³/mol. The average molecular weight is 283 g/mol. The molecule has 17 heavy (non-hydrogen) atoms. The van der Waals surface area contributed by atoms with Crippen molar-refractivity contribution >= 4 is 24.8 Å². The average Bonchev–Trinajstić information content (AvgIpc) is 2.79. The summed E-state index contributed by atoms with van der Waals surface area (Å²) in [5.41, 5.74) is 0. The summed E-state index contributed by atoms with van der Waals surface area (Å²) < 4.78 is 5.41. The third-order valence-electron chi connectivity index (χ3n) is 4.32. The highest BCUT2D eigenvalue weighted by molar-refractivity contribution is 5.85. The van der Waals surface area contributed by atoms with Crippen molar-refractivity contribution in [3.63, 3.8) is 0 Å². The Morgan fingerprint density at radius 2 is 1.59 bits per heavy atom. The van der Waals surface area contributed by atoms with E-state index in [0.29, 0.717) is 0 Å². The van der Waals surface area contributed by atoms with E-state index in [-0.39, 0.29) is 24.8 Å². The first-order valence-electron chi connectivity index (χ1n) is 6.42. The van der Waals surface area contributed by atoms with E-state index in [1.54, 1.807) is 0 Å². The first-order chi connectivity index (χ1) is 7.42.